The number of hydrogen-bond acceptors (Lipinski definition) is 4. The fourth-order valence-electron chi connectivity index (χ4n) is 1.37. The lowest BCUT2D eigenvalue weighted by molar-refractivity contribution is 0.102. The average Bonchev–Trinajstić information content (AvgIpc) is 2.69. The summed E-state index contributed by atoms with van der Waals surface area (Å²) in [5.74, 6) is 0.362. The summed E-state index contributed by atoms with van der Waals surface area (Å²) in [6.45, 7) is 0. The van der Waals surface area contributed by atoms with Gasteiger partial charge in [0, 0.05) is 5.56 Å². The lowest BCUT2D eigenvalue weighted by Gasteiger charge is -1.94. The number of hydrogen-bond donors (Lipinski definition) is 0. The Morgan fingerprint density at radius 3 is 3.06 bits per heavy atom. The molecule has 2 rings (SSSR count). The molecule has 5 heteroatoms. The maximum absolute atomic E-state index is 11.4. The molecule has 0 atom stereocenters. The van der Waals surface area contributed by atoms with E-state index in [4.69, 9.17) is 9.68 Å². The Kier molecular flexibility index (Phi) is 3.02. The number of nitrogens with zero attached hydrogens (tertiary/aromatic N) is 2. The quantitative estimate of drug-likeness (QED) is 0.639. The summed E-state index contributed by atoms with van der Waals surface area (Å²) in [6, 6.07) is 7.03. The van der Waals surface area contributed by atoms with Crippen LogP contribution in [0.15, 0.2) is 22.6 Å². The first kappa shape index (κ1) is 10.8. The van der Waals surface area contributed by atoms with Crippen LogP contribution in [0.4, 0.5) is 0 Å². The van der Waals surface area contributed by atoms with Gasteiger partial charge in [0.25, 0.3) is 0 Å². The monoisotopic (exact) mass is 278 g/mol. The predicted molar refractivity (Wildman–Crippen MR) is 61.5 cm³/mol. The lowest BCUT2D eigenvalue weighted by Crippen LogP contribution is -1.98. The van der Waals surface area contributed by atoms with E-state index in [0.717, 1.165) is 0 Å². The first-order chi connectivity index (χ1) is 7.74. The van der Waals surface area contributed by atoms with Gasteiger partial charge in [0.2, 0.25) is 5.89 Å². The van der Waals surface area contributed by atoms with Crippen molar-refractivity contribution in [2.75, 3.05) is 5.33 Å². The van der Waals surface area contributed by atoms with Crippen LogP contribution >= 0.6 is 15.9 Å². The second-order valence-corrected chi connectivity index (χ2v) is 3.74. The van der Waals surface area contributed by atoms with E-state index in [-0.39, 0.29) is 17.5 Å². The highest BCUT2D eigenvalue weighted by Crippen LogP contribution is 2.18. The third kappa shape index (κ3) is 1.97. The number of carbonyl (C=O) groups excluding carboxylic acids is 1. The van der Waals surface area contributed by atoms with E-state index in [1.165, 1.54) is 0 Å². The van der Waals surface area contributed by atoms with Crippen molar-refractivity contribution in [3.05, 3.63) is 29.7 Å². The molecular formula is C11H7BrN2O2. The molecule has 0 amide bonds. The summed E-state index contributed by atoms with van der Waals surface area (Å²) >= 11 is 3.11. The van der Waals surface area contributed by atoms with Gasteiger partial charge in [0.15, 0.2) is 11.4 Å². The van der Waals surface area contributed by atoms with Crippen molar-refractivity contribution in [3.8, 4) is 6.07 Å². The molecule has 0 aliphatic rings. The fraction of sp³-hybridized carbons (Fsp3) is 0.182. The Bertz CT molecular complexity index is 583. The molecule has 0 aliphatic heterocycles. The van der Waals surface area contributed by atoms with Crippen molar-refractivity contribution in [2.24, 2.45) is 0 Å². The number of halogens is 1. The highest BCUT2D eigenvalue weighted by molar-refractivity contribution is 9.09. The van der Waals surface area contributed by atoms with E-state index >= 15 is 0 Å². The molecule has 80 valence electrons. The predicted octanol–water partition coefficient (Wildman–Crippen LogP) is 2.47. The molecule has 0 radical (unpaired) electrons. The number of ketones is 1. The lowest BCUT2D eigenvalue weighted by atomic mass is 10.1. The molecule has 16 heavy (non-hydrogen) atoms. The van der Waals surface area contributed by atoms with Crippen molar-refractivity contribution >= 4 is 32.8 Å². The molecule has 0 unspecified atom stereocenters. The number of aromatic nitrogens is 1. The Hall–Kier alpha value is -1.67. The van der Waals surface area contributed by atoms with Crippen LogP contribution in [0.3, 0.4) is 0 Å². The van der Waals surface area contributed by atoms with Crippen molar-refractivity contribution in [3.63, 3.8) is 0 Å². The largest absolute Gasteiger partial charge is 0.440 e. The summed E-state index contributed by atoms with van der Waals surface area (Å²) in [6.07, 6.45) is 0.135. The van der Waals surface area contributed by atoms with Crippen LogP contribution in [-0.4, -0.2) is 16.1 Å². The highest BCUT2D eigenvalue weighted by Gasteiger charge is 2.09. The molecular weight excluding hydrogens is 272 g/mol. The number of rotatable bonds is 3. The standard InChI is InChI=1S/C11H7BrN2O2/c12-6-9(15)7-1-2-8-10(5-7)16-11(14-8)3-4-13/h1-2,5H,3,6H2. The van der Waals surface area contributed by atoms with Gasteiger partial charge in [0.05, 0.1) is 11.4 Å². The van der Waals surface area contributed by atoms with E-state index in [0.29, 0.717) is 22.6 Å². The zero-order chi connectivity index (χ0) is 11.5. The van der Waals surface area contributed by atoms with Crippen LogP contribution in [0.2, 0.25) is 0 Å². The molecule has 1 aromatic heterocycles. The number of benzene rings is 1. The first-order valence-electron chi connectivity index (χ1n) is 4.60. The minimum atomic E-state index is -0.0138. The van der Waals surface area contributed by atoms with Crippen molar-refractivity contribution in [2.45, 2.75) is 6.42 Å². The molecule has 0 N–H and O–H groups in total. The van der Waals surface area contributed by atoms with Crippen LogP contribution in [0.1, 0.15) is 16.2 Å². The highest BCUT2D eigenvalue weighted by atomic mass is 79.9. The maximum atomic E-state index is 11.4. The molecule has 0 saturated carbocycles. The van der Waals surface area contributed by atoms with Crippen LogP contribution in [0.5, 0.6) is 0 Å². The molecule has 2 aromatic rings. The van der Waals surface area contributed by atoms with Crippen LogP contribution in [-0.2, 0) is 6.42 Å². The van der Waals surface area contributed by atoms with Gasteiger partial charge >= 0.3 is 0 Å². The average molecular weight is 279 g/mol. The molecule has 0 fully saturated rings. The Balaban J connectivity index is 2.46. The van der Waals surface area contributed by atoms with E-state index in [1.807, 2.05) is 6.07 Å². The van der Waals surface area contributed by atoms with E-state index in [9.17, 15) is 4.79 Å². The van der Waals surface area contributed by atoms with E-state index in [2.05, 4.69) is 20.9 Å². The van der Waals surface area contributed by atoms with Crippen LogP contribution in [0, 0.1) is 11.3 Å². The third-order valence-electron chi connectivity index (χ3n) is 2.11. The summed E-state index contributed by atoms with van der Waals surface area (Å²) in [5, 5.41) is 8.79. The number of nitriles is 1. The molecule has 1 aromatic carbocycles. The van der Waals surface area contributed by atoms with Gasteiger partial charge in [-0.15, -0.1) is 0 Å². The summed E-state index contributed by atoms with van der Waals surface area (Å²) < 4.78 is 5.34. The topological polar surface area (TPSA) is 66.9 Å². The molecule has 0 saturated heterocycles. The van der Waals surface area contributed by atoms with E-state index < -0.39 is 0 Å². The van der Waals surface area contributed by atoms with E-state index in [1.54, 1.807) is 18.2 Å². The number of oxazole rings is 1. The number of Topliss-reactive ketones (excluding diaryl/α,β-unsaturated/α-hetero) is 1. The van der Waals surface area contributed by atoms with Gasteiger partial charge in [-0.2, -0.15) is 5.26 Å². The number of carbonyl (C=O) groups is 1. The Labute approximate surface area is 100 Å². The molecule has 0 aliphatic carbocycles. The van der Waals surface area contributed by atoms with Crippen molar-refractivity contribution in [1.29, 1.82) is 5.26 Å². The Morgan fingerprint density at radius 1 is 1.56 bits per heavy atom. The zero-order valence-corrected chi connectivity index (χ0v) is 9.82. The molecule has 1 heterocycles. The molecule has 0 bridgehead atoms. The number of fused-ring (bicyclic) bond motifs is 1. The summed E-state index contributed by atoms with van der Waals surface area (Å²) in [5.41, 5.74) is 1.78. The summed E-state index contributed by atoms with van der Waals surface area (Å²) in [7, 11) is 0. The second kappa shape index (κ2) is 4.45. The van der Waals surface area contributed by atoms with Crippen LogP contribution in [0.25, 0.3) is 11.1 Å². The third-order valence-corrected chi connectivity index (χ3v) is 2.62. The van der Waals surface area contributed by atoms with Gasteiger partial charge in [0.1, 0.15) is 11.9 Å². The van der Waals surface area contributed by atoms with Crippen molar-refractivity contribution in [1.82, 2.24) is 4.98 Å². The van der Waals surface area contributed by atoms with Gasteiger partial charge in [-0.1, -0.05) is 15.9 Å². The molecule has 0 spiro atoms. The fourth-order valence-corrected chi connectivity index (χ4v) is 1.69. The van der Waals surface area contributed by atoms with Crippen molar-refractivity contribution < 1.29 is 9.21 Å². The van der Waals surface area contributed by atoms with Gasteiger partial charge < -0.3 is 4.42 Å². The smallest absolute Gasteiger partial charge is 0.209 e. The minimum absolute atomic E-state index is 0.0138. The number of alkyl halides is 1. The van der Waals surface area contributed by atoms with Gasteiger partial charge in [-0.05, 0) is 18.2 Å². The maximum Gasteiger partial charge on any atom is 0.209 e. The molecule has 4 nitrogen and oxygen atoms in total. The first-order valence-corrected chi connectivity index (χ1v) is 5.72. The van der Waals surface area contributed by atoms with Gasteiger partial charge in [-0.3, -0.25) is 4.79 Å². The normalized spacial score (nSPS) is 10.2. The minimum Gasteiger partial charge on any atom is -0.440 e. The second-order valence-electron chi connectivity index (χ2n) is 3.18. The SMILES string of the molecule is N#CCc1nc2ccc(C(=O)CBr)cc2o1. The zero-order valence-electron chi connectivity index (χ0n) is 8.24. The van der Waals surface area contributed by atoms with Crippen LogP contribution < -0.4 is 0 Å². The Morgan fingerprint density at radius 2 is 2.38 bits per heavy atom. The summed E-state index contributed by atoms with van der Waals surface area (Å²) in [4.78, 5) is 15.5. The van der Waals surface area contributed by atoms with Gasteiger partial charge in [-0.25, -0.2) is 4.98 Å².